The number of nitrogens with zero attached hydrogens (tertiary/aromatic N) is 3. The predicted octanol–water partition coefficient (Wildman–Crippen LogP) is 1.84. The summed E-state index contributed by atoms with van der Waals surface area (Å²) in [7, 11) is 0. The van der Waals surface area contributed by atoms with Crippen LogP contribution in [0.2, 0.25) is 0 Å². The molecular formula is C21H23N3O3. The van der Waals surface area contributed by atoms with Gasteiger partial charge in [0.15, 0.2) is 0 Å². The third-order valence-corrected chi connectivity index (χ3v) is 5.38. The van der Waals surface area contributed by atoms with Crippen molar-refractivity contribution in [3.63, 3.8) is 0 Å². The minimum Gasteiger partial charge on any atom is -0.506 e. The second-order valence-electron chi connectivity index (χ2n) is 7.04. The van der Waals surface area contributed by atoms with Gasteiger partial charge in [-0.05, 0) is 17.7 Å². The van der Waals surface area contributed by atoms with Crippen molar-refractivity contribution >= 4 is 17.5 Å². The van der Waals surface area contributed by atoms with Crippen molar-refractivity contribution < 1.29 is 14.7 Å². The maximum atomic E-state index is 12.8. The van der Waals surface area contributed by atoms with Crippen LogP contribution in [0, 0.1) is 0 Å². The molecule has 2 amide bonds. The molecule has 6 heteroatoms. The van der Waals surface area contributed by atoms with E-state index in [1.54, 1.807) is 12.1 Å². The molecular weight excluding hydrogens is 342 g/mol. The van der Waals surface area contributed by atoms with E-state index in [9.17, 15) is 14.7 Å². The van der Waals surface area contributed by atoms with Gasteiger partial charge in [0, 0.05) is 26.2 Å². The number of aromatic hydroxyl groups is 1. The Morgan fingerprint density at radius 3 is 2.26 bits per heavy atom. The third-order valence-electron chi connectivity index (χ3n) is 5.38. The molecule has 2 aromatic carbocycles. The highest BCUT2D eigenvalue weighted by Gasteiger charge is 2.42. The number of hydrogen-bond acceptors (Lipinski definition) is 5. The van der Waals surface area contributed by atoms with Crippen LogP contribution in [0.15, 0.2) is 54.6 Å². The molecule has 2 fully saturated rings. The summed E-state index contributed by atoms with van der Waals surface area (Å²) < 4.78 is 0. The van der Waals surface area contributed by atoms with E-state index in [1.165, 1.54) is 4.90 Å². The fourth-order valence-electron chi connectivity index (χ4n) is 3.89. The highest BCUT2D eigenvalue weighted by Crippen LogP contribution is 2.29. The summed E-state index contributed by atoms with van der Waals surface area (Å²) in [6.45, 7) is 3.16. The quantitative estimate of drug-likeness (QED) is 0.838. The van der Waals surface area contributed by atoms with Gasteiger partial charge in [0.2, 0.25) is 11.8 Å². The summed E-state index contributed by atoms with van der Waals surface area (Å²) in [5.74, 6) is 0.0731. The zero-order chi connectivity index (χ0) is 18.8. The highest BCUT2D eigenvalue weighted by atomic mass is 16.3. The molecule has 2 heterocycles. The lowest BCUT2D eigenvalue weighted by Gasteiger charge is -2.38. The fourth-order valence-corrected chi connectivity index (χ4v) is 3.89. The molecule has 27 heavy (non-hydrogen) atoms. The van der Waals surface area contributed by atoms with E-state index in [4.69, 9.17) is 0 Å². The molecule has 4 rings (SSSR count). The molecule has 0 unspecified atom stereocenters. The zero-order valence-electron chi connectivity index (χ0n) is 15.1. The monoisotopic (exact) mass is 365 g/mol. The molecule has 2 aliphatic heterocycles. The van der Waals surface area contributed by atoms with Crippen LogP contribution >= 0.6 is 0 Å². The van der Waals surface area contributed by atoms with Gasteiger partial charge in [-0.1, -0.05) is 42.5 Å². The minimum absolute atomic E-state index is 0.0974. The number of hydrogen-bond donors (Lipinski definition) is 1. The fraction of sp³-hybridized carbons (Fsp3) is 0.333. The number of anilines is 1. The summed E-state index contributed by atoms with van der Waals surface area (Å²) in [5, 5.41) is 10.0. The lowest BCUT2D eigenvalue weighted by Crippen LogP contribution is -2.52. The molecule has 0 aromatic heterocycles. The number of phenolic OH excluding ortho intramolecular Hbond substituents is 1. The molecule has 1 N–H and O–H groups in total. The highest BCUT2D eigenvalue weighted by molar-refractivity contribution is 6.05. The van der Waals surface area contributed by atoms with E-state index in [0.717, 1.165) is 11.3 Å². The van der Waals surface area contributed by atoms with Gasteiger partial charge < -0.3 is 10.0 Å². The van der Waals surface area contributed by atoms with Crippen molar-refractivity contribution in [1.82, 2.24) is 9.80 Å². The van der Waals surface area contributed by atoms with Crippen LogP contribution in [0.25, 0.3) is 0 Å². The molecule has 0 spiro atoms. The SMILES string of the molecule is O=C1C[C@@H](N2CCN(c3ccccc3O)CC2)C(=O)N1Cc1ccccc1. The van der Waals surface area contributed by atoms with Gasteiger partial charge >= 0.3 is 0 Å². The van der Waals surface area contributed by atoms with E-state index in [2.05, 4.69) is 9.80 Å². The van der Waals surface area contributed by atoms with Crippen molar-refractivity contribution in [2.24, 2.45) is 0 Å². The molecule has 6 nitrogen and oxygen atoms in total. The Hall–Kier alpha value is -2.86. The second kappa shape index (κ2) is 7.40. The Morgan fingerprint density at radius 2 is 1.56 bits per heavy atom. The summed E-state index contributed by atoms with van der Waals surface area (Å²) >= 11 is 0. The largest absolute Gasteiger partial charge is 0.506 e. The van der Waals surface area contributed by atoms with E-state index in [0.29, 0.717) is 32.7 Å². The Balaban J connectivity index is 1.39. The first-order valence-corrected chi connectivity index (χ1v) is 9.28. The average Bonchev–Trinajstić information content (AvgIpc) is 2.98. The number of likely N-dealkylation sites (tertiary alicyclic amines) is 1. The number of carbonyl (C=O) groups excluding carboxylic acids is 2. The second-order valence-corrected chi connectivity index (χ2v) is 7.04. The summed E-state index contributed by atoms with van der Waals surface area (Å²) in [4.78, 5) is 30.8. The number of piperazine rings is 1. The number of amides is 2. The minimum atomic E-state index is -0.368. The van der Waals surface area contributed by atoms with Crippen LogP contribution in [-0.4, -0.2) is 58.9 Å². The van der Waals surface area contributed by atoms with Crippen LogP contribution in [-0.2, 0) is 16.1 Å². The van der Waals surface area contributed by atoms with Gasteiger partial charge in [0.05, 0.1) is 24.7 Å². The first-order chi connectivity index (χ1) is 13.1. The first-order valence-electron chi connectivity index (χ1n) is 9.28. The Bertz CT molecular complexity index is 832. The molecule has 0 aliphatic carbocycles. The molecule has 0 saturated carbocycles. The normalized spacial score (nSPS) is 21.1. The van der Waals surface area contributed by atoms with Crippen molar-refractivity contribution in [3.05, 3.63) is 60.2 Å². The van der Waals surface area contributed by atoms with Gasteiger partial charge in [0.25, 0.3) is 0 Å². The number of para-hydroxylation sites is 2. The summed E-state index contributed by atoms with van der Waals surface area (Å²) in [6, 6.07) is 16.5. The van der Waals surface area contributed by atoms with E-state index in [-0.39, 0.29) is 30.0 Å². The van der Waals surface area contributed by atoms with E-state index in [1.807, 2.05) is 42.5 Å². The van der Waals surface area contributed by atoms with Crippen molar-refractivity contribution in [1.29, 1.82) is 0 Å². The number of benzene rings is 2. The van der Waals surface area contributed by atoms with Crippen LogP contribution in [0.5, 0.6) is 5.75 Å². The third kappa shape index (κ3) is 3.53. The van der Waals surface area contributed by atoms with Crippen LogP contribution in [0.4, 0.5) is 5.69 Å². The average molecular weight is 365 g/mol. The zero-order valence-corrected chi connectivity index (χ0v) is 15.1. The Morgan fingerprint density at radius 1 is 0.889 bits per heavy atom. The van der Waals surface area contributed by atoms with Crippen LogP contribution in [0.3, 0.4) is 0 Å². The number of carbonyl (C=O) groups is 2. The van der Waals surface area contributed by atoms with Crippen molar-refractivity contribution in [2.75, 3.05) is 31.1 Å². The number of imide groups is 1. The molecule has 0 bridgehead atoms. The molecule has 140 valence electrons. The van der Waals surface area contributed by atoms with Crippen molar-refractivity contribution in [3.8, 4) is 5.75 Å². The van der Waals surface area contributed by atoms with Gasteiger partial charge in [-0.2, -0.15) is 0 Å². The van der Waals surface area contributed by atoms with Gasteiger partial charge in [-0.3, -0.25) is 19.4 Å². The molecule has 0 radical (unpaired) electrons. The first kappa shape index (κ1) is 17.5. The lowest BCUT2D eigenvalue weighted by atomic mass is 10.1. The summed E-state index contributed by atoms with van der Waals surface area (Å²) in [5.41, 5.74) is 1.78. The maximum absolute atomic E-state index is 12.8. The van der Waals surface area contributed by atoms with E-state index >= 15 is 0 Å². The predicted molar refractivity (Wildman–Crippen MR) is 102 cm³/mol. The van der Waals surface area contributed by atoms with Gasteiger partial charge in [0.1, 0.15) is 5.75 Å². The molecule has 2 aromatic rings. The maximum Gasteiger partial charge on any atom is 0.247 e. The van der Waals surface area contributed by atoms with Crippen molar-refractivity contribution in [2.45, 2.75) is 19.0 Å². The van der Waals surface area contributed by atoms with Gasteiger partial charge in [-0.25, -0.2) is 0 Å². The smallest absolute Gasteiger partial charge is 0.247 e. The van der Waals surface area contributed by atoms with Crippen LogP contribution in [0.1, 0.15) is 12.0 Å². The van der Waals surface area contributed by atoms with Gasteiger partial charge in [-0.15, -0.1) is 0 Å². The number of rotatable bonds is 4. The Kier molecular flexibility index (Phi) is 4.81. The Labute approximate surface area is 158 Å². The standard InChI is InChI=1S/C21H23N3O3/c25-19-9-5-4-8-17(19)22-10-12-23(13-11-22)18-14-20(26)24(21(18)27)15-16-6-2-1-3-7-16/h1-9,18,25H,10-15H2/t18-/m1/s1. The summed E-state index contributed by atoms with van der Waals surface area (Å²) in [6.07, 6.45) is 0.252. The van der Waals surface area contributed by atoms with E-state index < -0.39 is 0 Å². The molecule has 1 atom stereocenters. The van der Waals surface area contributed by atoms with Crippen LogP contribution < -0.4 is 4.90 Å². The number of phenols is 1. The molecule has 2 aliphatic rings. The molecule has 2 saturated heterocycles. The lowest BCUT2D eigenvalue weighted by molar-refractivity contribution is -0.140. The topological polar surface area (TPSA) is 64.1 Å².